The van der Waals surface area contributed by atoms with E-state index in [1.807, 2.05) is 19.2 Å². The maximum Gasteiger partial charge on any atom is 0.193 e. The van der Waals surface area contributed by atoms with E-state index in [0.29, 0.717) is 6.10 Å². The van der Waals surface area contributed by atoms with Gasteiger partial charge in [0, 0.05) is 52.1 Å². The molecule has 0 saturated carbocycles. The number of hydrogen-bond donors (Lipinski definition) is 1. The Morgan fingerprint density at radius 1 is 1.24 bits per heavy atom. The molecular weight excluding hydrogens is 431 g/mol. The zero-order valence-corrected chi connectivity index (χ0v) is 17.4. The first-order valence-electron chi connectivity index (χ1n) is 8.76. The van der Waals surface area contributed by atoms with Crippen LogP contribution < -0.4 is 15.0 Å². The Morgan fingerprint density at radius 3 is 2.52 bits per heavy atom. The molecule has 1 aromatic rings. The highest BCUT2D eigenvalue weighted by molar-refractivity contribution is 14.0. The van der Waals surface area contributed by atoms with Gasteiger partial charge >= 0.3 is 0 Å². The number of piperazine rings is 1. The SMILES string of the molecule is CN=C(NCC1CCCO1)N1CCN(c2ccc(OC)cc2)CC1.I. The predicted octanol–water partition coefficient (Wildman–Crippen LogP) is 2.19. The maximum atomic E-state index is 5.67. The predicted molar refractivity (Wildman–Crippen MR) is 113 cm³/mol. The van der Waals surface area contributed by atoms with Gasteiger partial charge in [-0.3, -0.25) is 4.99 Å². The minimum absolute atomic E-state index is 0. The molecule has 1 atom stereocenters. The Labute approximate surface area is 167 Å². The van der Waals surface area contributed by atoms with Crippen LogP contribution >= 0.6 is 24.0 Å². The van der Waals surface area contributed by atoms with Crippen molar-refractivity contribution in [2.75, 3.05) is 58.4 Å². The van der Waals surface area contributed by atoms with Gasteiger partial charge in [0.1, 0.15) is 5.75 Å². The summed E-state index contributed by atoms with van der Waals surface area (Å²) >= 11 is 0. The average Bonchev–Trinajstić information content (AvgIpc) is 3.16. The molecule has 0 amide bonds. The van der Waals surface area contributed by atoms with Crippen LogP contribution in [0.15, 0.2) is 29.3 Å². The Morgan fingerprint density at radius 2 is 1.96 bits per heavy atom. The summed E-state index contributed by atoms with van der Waals surface area (Å²) in [4.78, 5) is 9.17. The Balaban J connectivity index is 0.00000225. The van der Waals surface area contributed by atoms with Gasteiger partial charge in [-0.2, -0.15) is 0 Å². The van der Waals surface area contributed by atoms with Gasteiger partial charge in [0.05, 0.1) is 13.2 Å². The number of aliphatic imine (C=N–C) groups is 1. The van der Waals surface area contributed by atoms with E-state index >= 15 is 0 Å². The number of hydrogen-bond acceptors (Lipinski definition) is 4. The van der Waals surface area contributed by atoms with Gasteiger partial charge in [-0.25, -0.2) is 0 Å². The third-order valence-corrected chi connectivity index (χ3v) is 4.74. The van der Waals surface area contributed by atoms with Crippen molar-refractivity contribution in [3.63, 3.8) is 0 Å². The van der Waals surface area contributed by atoms with E-state index in [4.69, 9.17) is 9.47 Å². The lowest BCUT2D eigenvalue weighted by atomic mass is 10.2. The van der Waals surface area contributed by atoms with Gasteiger partial charge < -0.3 is 24.6 Å². The number of nitrogens with zero attached hydrogens (tertiary/aromatic N) is 3. The summed E-state index contributed by atoms with van der Waals surface area (Å²) in [6, 6.07) is 8.28. The third kappa shape index (κ3) is 5.37. The second-order valence-electron chi connectivity index (χ2n) is 6.24. The van der Waals surface area contributed by atoms with E-state index in [0.717, 1.165) is 57.5 Å². The summed E-state index contributed by atoms with van der Waals surface area (Å²) in [5, 5.41) is 3.47. The number of benzene rings is 1. The van der Waals surface area contributed by atoms with Crippen LogP contribution in [0, 0.1) is 0 Å². The van der Waals surface area contributed by atoms with Gasteiger partial charge in [-0.1, -0.05) is 0 Å². The quantitative estimate of drug-likeness (QED) is 0.424. The van der Waals surface area contributed by atoms with Crippen molar-refractivity contribution in [1.29, 1.82) is 0 Å². The van der Waals surface area contributed by atoms with Crippen molar-refractivity contribution in [1.82, 2.24) is 10.2 Å². The van der Waals surface area contributed by atoms with Crippen LogP contribution in [-0.2, 0) is 4.74 Å². The molecule has 0 radical (unpaired) electrons. The zero-order chi connectivity index (χ0) is 16.8. The molecule has 1 unspecified atom stereocenters. The Bertz CT molecular complexity index is 539. The number of halogens is 1. The van der Waals surface area contributed by atoms with Crippen molar-refractivity contribution in [2.45, 2.75) is 18.9 Å². The fourth-order valence-electron chi connectivity index (χ4n) is 3.31. The van der Waals surface area contributed by atoms with Gasteiger partial charge in [0.2, 0.25) is 0 Å². The van der Waals surface area contributed by atoms with Gasteiger partial charge in [0.15, 0.2) is 5.96 Å². The molecule has 2 fully saturated rings. The summed E-state index contributed by atoms with van der Waals surface area (Å²) < 4.78 is 10.9. The molecule has 140 valence electrons. The summed E-state index contributed by atoms with van der Waals surface area (Å²) in [5.74, 6) is 1.89. The number of methoxy groups -OCH3 is 1. The van der Waals surface area contributed by atoms with Crippen LogP contribution in [0.1, 0.15) is 12.8 Å². The number of rotatable bonds is 4. The van der Waals surface area contributed by atoms with Crippen molar-refractivity contribution in [2.24, 2.45) is 4.99 Å². The molecule has 2 aliphatic heterocycles. The van der Waals surface area contributed by atoms with Crippen molar-refractivity contribution in [3.05, 3.63) is 24.3 Å². The first kappa shape index (κ1) is 20.1. The van der Waals surface area contributed by atoms with E-state index < -0.39 is 0 Å². The Kier molecular flexibility index (Phi) is 8.08. The molecule has 0 bridgehead atoms. The van der Waals surface area contributed by atoms with Crippen LogP contribution in [0.25, 0.3) is 0 Å². The van der Waals surface area contributed by atoms with Crippen molar-refractivity contribution >= 4 is 35.6 Å². The molecule has 0 aliphatic carbocycles. The van der Waals surface area contributed by atoms with E-state index in [2.05, 4.69) is 32.2 Å². The maximum absolute atomic E-state index is 5.67. The van der Waals surface area contributed by atoms with Crippen LogP contribution in [0.4, 0.5) is 5.69 Å². The van der Waals surface area contributed by atoms with E-state index in [1.54, 1.807) is 7.11 Å². The van der Waals surface area contributed by atoms with Crippen LogP contribution in [0.5, 0.6) is 5.75 Å². The van der Waals surface area contributed by atoms with Crippen LogP contribution in [0.2, 0.25) is 0 Å². The molecule has 0 spiro atoms. The number of guanidine groups is 1. The third-order valence-electron chi connectivity index (χ3n) is 4.74. The largest absolute Gasteiger partial charge is 0.497 e. The second-order valence-corrected chi connectivity index (χ2v) is 6.24. The number of anilines is 1. The van der Waals surface area contributed by atoms with Gasteiger partial charge in [-0.05, 0) is 37.1 Å². The second kappa shape index (κ2) is 10.1. The molecular formula is C18H29IN4O2. The van der Waals surface area contributed by atoms with Crippen molar-refractivity contribution in [3.8, 4) is 5.75 Å². The lowest BCUT2D eigenvalue weighted by Crippen LogP contribution is -2.53. The minimum Gasteiger partial charge on any atom is -0.497 e. The van der Waals surface area contributed by atoms with Crippen LogP contribution in [-0.4, -0.2) is 70.5 Å². The fraction of sp³-hybridized carbons (Fsp3) is 0.611. The highest BCUT2D eigenvalue weighted by atomic mass is 127. The van der Waals surface area contributed by atoms with Gasteiger partial charge in [0.25, 0.3) is 0 Å². The molecule has 2 heterocycles. The van der Waals surface area contributed by atoms with E-state index in [1.165, 1.54) is 12.1 Å². The molecule has 2 aliphatic rings. The molecule has 1 aromatic carbocycles. The summed E-state index contributed by atoms with van der Waals surface area (Å²) in [6.07, 6.45) is 2.66. The highest BCUT2D eigenvalue weighted by Gasteiger charge is 2.21. The Hall–Kier alpha value is -1.22. The lowest BCUT2D eigenvalue weighted by Gasteiger charge is -2.37. The average molecular weight is 460 g/mol. The number of ether oxygens (including phenoxy) is 2. The standard InChI is InChI=1S/C18H28N4O2.HI/c1-19-18(20-14-17-4-3-13-24-17)22-11-9-21(10-12-22)15-5-7-16(23-2)8-6-15;/h5-8,17H,3-4,9-14H2,1-2H3,(H,19,20);1H. The van der Waals surface area contributed by atoms with E-state index in [9.17, 15) is 0 Å². The molecule has 3 rings (SSSR count). The lowest BCUT2D eigenvalue weighted by molar-refractivity contribution is 0.113. The number of nitrogens with one attached hydrogen (secondary N) is 1. The van der Waals surface area contributed by atoms with E-state index in [-0.39, 0.29) is 24.0 Å². The molecule has 25 heavy (non-hydrogen) atoms. The van der Waals surface area contributed by atoms with Crippen molar-refractivity contribution < 1.29 is 9.47 Å². The molecule has 7 heteroatoms. The topological polar surface area (TPSA) is 49.3 Å². The highest BCUT2D eigenvalue weighted by Crippen LogP contribution is 2.20. The monoisotopic (exact) mass is 460 g/mol. The van der Waals surface area contributed by atoms with Gasteiger partial charge in [-0.15, -0.1) is 24.0 Å². The zero-order valence-electron chi connectivity index (χ0n) is 15.1. The molecule has 2 saturated heterocycles. The molecule has 1 N–H and O–H groups in total. The van der Waals surface area contributed by atoms with Crippen LogP contribution in [0.3, 0.4) is 0 Å². The minimum atomic E-state index is 0. The summed E-state index contributed by atoms with van der Waals surface area (Å²) in [6.45, 7) is 5.67. The molecule has 0 aromatic heterocycles. The first-order valence-corrected chi connectivity index (χ1v) is 8.76. The first-order chi connectivity index (χ1) is 11.8. The summed E-state index contributed by atoms with van der Waals surface area (Å²) in [7, 11) is 3.55. The smallest absolute Gasteiger partial charge is 0.193 e. The summed E-state index contributed by atoms with van der Waals surface area (Å²) in [5.41, 5.74) is 1.25. The molecule has 6 nitrogen and oxygen atoms in total. The fourth-order valence-corrected chi connectivity index (χ4v) is 3.31. The normalized spacial score (nSPS) is 21.0.